The van der Waals surface area contributed by atoms with E-state index < -0.39 is 61.3 Å². The van der Waals surface area contributed by atoms with Crippen LogP contribution in [0, 0.1) is 11.7 Å². The summed E-state index contributed by atoms with van der Waals surface area (Å²) in [6, 6.07) is 5.10. The third-order valence-electron chi connectivity index (χ3n) is 6.74. The molecule has 45 heavy (non-hydrogen) atoms. The molecule has 9 nitrogen and oxygen atoms in total. The molecule has 1 aliphatic carbocycles. The number of sulfonamides is 1. The van der Waals surface area contributed by atoms with Crippen molar-refractivity contribution in [2.45, 2.75) is 50.0 Å². The van der Waals surface area contributed by atoms with Crippen molar-refractivity contribution < 1.29 is 63.1 Å². The summed E-state index contributed by atoms with van der Waals surface area (Å²) in [6.45, 7) is 1.37. The molecule has 0 unspecified atom stereocenters. The van der Waals surface area contributed by atoms with E-state index in [0.29, 0.717) is 50.2 Å². The molecule has 0 atom stereocenters. The van der Waals surface area contributed by atoms with Crippen LogP contribution < -0.4 is 9.47 Å². The van der Waals surface area contributed by atoms with Gasteiger partial charge in [0.05, 0.1) is 22.4 Å². The molecule has 248 valence electrons. The lowest BCUT2D eigenvalue weighted by Crippen LogP contribution is -2.44. The number of halogens is 9. The Balaban J connectivity index is 1.37. The van der Waals surface area contributed by atoms with Crippen LogP contribution >= 0.6 is 23.2 Å². The molecule has 0 spiro atoms. The van der Waals surface area contributed by atoms with Gasteiger partial charge in [0, 0.05) is 17.6 Å². The fraction of sp³-hybridized carbons (Fsp3) is 0.462. The van der Waals surface area contributed by atoms with Crippen molar-refractivity contribution >= 4 is 45.1 Å². The predicted molar refractivity (Wildman–Crippen MR) is 143 cm³/mol. The van der Waals surface area contributed by atoms with E-state index in [1.54, 1.807) is 0 Å². The smallest absolute Gasteiger partial charge is 0.492 e. The quantitative estimate of drug-likeness (QED) is 0.222. The Morgan fingerprint density at radius 2 is 1.60 bits per heavy atom. The molecule has 0 aromatic heterocycles. The summed E-state index contributed by atoms with van der Waals surface area (Å²) in [5.41, 5.74) is -0.574. The summed E-state index contributed by atoms with van der Waals surface area (Å²) in [7, 11) is -4.89. The lowest BCUT2D eigenvalue weighted by atomic mass is 9.97. The fourth-order valence-electron chi connectivity index (χ4n) is 4.42. The van der Waals surface area contributed by atoms with Crippen molar-refractivity contribution in [1.29, 1.82) is 0 Å². The number of hydrogen-bond acceptors (Lipinski definition) is 8. The van der Waals surface area contributed by atoms with Gasteiger partial charge in [-0.3, -0.25) is 9.69 Å². The monoisotopic (exact) mass is 710 g/mol. The number of amides is 1. The first-order chi connectivity index (χ1) is 20.8. The SMILES string of the molecule is O=C(c1cc(Cl)c(OCC2CCN(Cc3cc(Cl)cc(OC(F)(F)F)c3)CC2)cc1F)N(OC(=O)C(F)(F)F)S(=O)(=O)C1CC1. The topological polar surface area (TPSA) is 102 Å². The minimum atomic E-state index is -5.65. The van der Waals surface area contributed by atoms with E-state index in [4.69, 9.17) is 27.9 Å². The molecule has 1 heterocycles. The summed E-state index contributed by atoms with van der Waals surface area (Å²) in [5, 5.41) is -1.59. The largest absolute Gasteiger partial charge is 0.573 e. The van der Waals surface area contributed by atoms with E-state index in [2.05, 4.69) is 9.57 Å². The van der Waals surface area contributed by atoms with Gasteiger partial charge in [-0.1, -0.05) is 27.7 Å². The van der Waals surface area contributed by atoms with Gasteiger partial charge < -0.3 is 14.3 Å². The van der Waals surface area contributed by atoms with Crippen LogP contribution in [0.15, 0.2) is 30.3 Å². The molecule has 19 heteroatoms. The number of likely N-dealkylation sites (tertiary alicyclic amines) is 1. The predicted octanol–water partition coefficient (Wildman–Crippen LogP) is 6.28. The number of hydroxylamine groups is 1. The van der Waals surface area contributed by atoms with Gasteiger partial charge in [0.15, 0.2) is 0 Å². The number of ether oxygens (including phenoxy) is 2. The molecule has 1 saturated carbocycles. The van der Waals surface area contributed by atoms with Crippen molar-refractivity contribution in [2.75, 3.05) is 19.7 Å². The average molecular weight is 711 g/mol. The van der Waals surface area contributed by atoms with Gasteiger partial charge in [0.25, 0.3) is 10.0 Å². The molecule has 1 amide bonds. The van der Waals surface area contributed by atoms with Crippen molar-refractivity contribution in [3.63, 3.8) is 0 Å². The van der Waals surface area contributed by atoms with Gasteiger partial charge in [-0.15, -0.1) is 13.2 Å². The number of nitrogens with zero attached hydrogens (tertiary/aromatic N) is 2. The number of hydrogen-bond donors (Lipinski definition) is 0. The normalized spacial score (nSPS) is 16.7. The second-order valence-electron chi connectivity index (χ2n) is 10.3. The molecule has 2 aromatic rings. The number of piperidine rings is 1. The lowest BCUT2D eigenvalue weighted by molar-refractivity contribution is -0.274. The number of carbonyl (C=O) groups excluding carboxylic acids is 2. The number of alkyl halides is 6. The first-order valence-corrected chi connectivity index (χ1v) is 15.4. The number of rotatable bonds is 9. The Morgan fingerprint density at radius 3 is 2.18 bits per heavy atom. The van der Waals surface area contributed by atoms with Crippen LogP contribution in [0.25, 0.3) is 0 Å². The van der Waals surface area contributed by atoms with Crippen molar-refractivity contribution in [1.82, 2.24) is 9.37 Å². The van der Waals surface area contributed by atoms with Crippen LogP contribution in [-0.2, 0) is 26.2 Å². The standard InChI is InChI=1S/C26H23Cl2F7N2O7S/c27-16-7-15(8-17(9-16)43-26(33,34)35)12-36-5-3-14(4-6-36)13-42-22-11-21(29)19(10-20(22)28)23(38)37(44-24(39)25(30,31)32)45(40,41)18-1-2-18/h7-11,14,18H,1-6,12-13H2. The molecule has 0 N–H and O–H groups in total. The van der Waals surface area contributed by atoms with Gasteiger partial charge in [0.2, 0.25) is 0 Å². The summed E-state index contributed by atoms with van der Waals surface area (Å²) in [4.78, 5) is 30.0. The maximum Gasteiger partial charge on any atom is 0.573 e. The highest BCUT2D eigenvalue weighted by Gasteiger charge is 2.50. The van der Waals surface area contributed by atoms with Crippen LogP contribution in [-0.4, -0.2) is 67.1 Å². The van der Waals surface area contributed by atoms with Crippen LogP contribution in [0.2, 0.25) is 10.0 Å². The minimum Gasteiger partial charge on any atom is -0.492 e. The van der Waals surface area contributed by atoms with Gasteiger partial charge in [-0.2, -0.15) is 13.2 Å². The van der Waals surface area contributed by atoms with Crippen LogP contribution in [0.4, 0.5) is 30.7 Å². The second-order valence-corrected chi connectivity index (χ2v) is 13.2. The second kappa shape index (κ2) is 13.4. The number of carbonyl (C=O) groups is 2. The Labute approximate surface area is 261 Å². The molecule has 2 aliphatic rings. The summed E-state index contributed by atoms with van der Waals surface area (Å²) >= 11 is 12.0. The molecule has 2 fully saturated rings. The molecule has 1 saturated heterocycles. The Hall–Kier alpha value is -3.02. The zero-order valence-corrected chi connectivity index (χ0v) is 25.1. The maximum atomic E-state index is 15.0. The zero-order chi connectivity index (χ0) is 33.3. The zero-order valence-electron chi connectivity index (χ0n) is 22.8. The Bertz CT molecular complexity index is 1550. The van der Waals surface area contributed by atoms with Crippen LogP contribution in [0.5, 0.6) is 11.5 Å². The first kappa shape index (κ1) is 34.8. The summed E-state index contributed by atoms with van der Waals surface area (Å²) < 4.78 is 125. The van der Waals surface area contributed by atoms with Crippen LogP contribution in [0.1, 0.15) is 41.6 Å². The van der Waals surface area contributed by atoms with Crippen molar-refractivity contribution in [3.05, 3.63) is 57.3 Å². The van der Waals surface area contributed by atoms with Crippen LogP contribution in [0.3, 0.4) is 0 Å². The molecule has 4 rings (SSSR count). The first-order valence-electron chi connectivity index (χ1n) is 13.1. The highest BCUT2D eigenvalue weighted by Crippen LogP contribution is 2.35. The highest BCUT2D eigenvalue weighted by atomic mass is 35.5. The summed E-state index contributed by atoms with van der Waals surface area (Å²) in [6.07, 6.45) is -9.40. The van der Waals surface area contributed by atoms with Crippen molar-refractivity contribution in [2.24, 2.45) is 5.92 Å². The molecule has 1 aliphatic heterocycles. The van der Waals surface area contributed by atoms with Crippen molar-refractivity contribution in [3.8, 4) is 11.5 Å². The Morgan fingerprint density at radius 1 is 0.956 bits per heavy atom. The number of benzene rings is 2. The third-order valence-corrected chi connectivity index (χ3v) is 9.27. The molecular weight excluding hydrogens is 688 g/mol. The lowest BCUT2D eigenvalue weighted by Gasteiger charge is -2.32. The Kier molecular flexibility index (Phi) is 10.4. The molecule has 2 aromatic carbocycles. The fourth-order valence-corrected chi connectivity index (χ4v) is 6.39. The minimum absolute atomic E-state index is 0.0108. The van der Waals surface area contributed by atoms with Gasteiger partial charge in [-0.05, 0) is 74.5 Å². The molecular formula is C26H23Cl2F7N2O7S. The van der Waals surface area contributed by atoms with E-state index in [0.717, 1.165) is 6.07 Å². The van der Waals surface area contributed by atoms with E-state index in [1.807, 2.05) is 4.90 Å². The average Bonchev–Trinajstić information content (AvgIpc) is 3.77. The van der Waals surface area contributed by atoms with Gasteiger partial charge >= 0.3 is 24.4 Å². The third kappa shape index (κ3) is 9.26. The van der Waals surface area contributed by atoms with E-state index in [-0.39, 0.29) is 41.2 Å². The van der Waals surface area contributed by atoms with Gasteiger partial charge in [0.1, 0.15) is 17.3 Å². The summed E-state index contributed by atoms with van der Waals surface area (Å²) in [5.74, 6) is -7.03. The molecule has 0 bridgehead atoms. The molecule has 0 radical (unpaired) electrons. The van der Waals surface area contributed by atoms with E-state index in [1.165, 1.54) is 12.1 Å². The van der Waals surface area contributed by atoms with E-state index >= 15 is 0 Å². The highest BCUT2D eigenvalue weighted by molar-refractivity contribution is 7.90. The maximum absolute atomic E-state index is 15.0. The van der Waals surface area contributed by atoms with E-state index in [9.17, 15) is 48.7 Å². The van der Waals surface area contributed by atoms with Gasteiger partial charge in [-0.25, -0.2) is 17.6 Å².